The number of aromatic hydroxyl groups is 2. The van der Waals surface area contributed by atoms with Crippen molar-refractivity contribution in [2.45, 2.75) is 19.8 Å². The summed E-state index contributed by atoms with van der Waals surface area (Å²) in [4.78, 5) is 0. The maximum absolute atomic E-state index is 14.5. The van der Waals surface area contributed by atoms with E-state index in [2.05, 4.69) is 0 Å². The van der Waals surface area contributed by atoms with Gasteiger partial charge in [-0.05, 0) is 59.9 Å². The van der Waals surface area contributed by atoms with Crippen molar-refractivity contribution in [3.8, 4) is 11.5 Å². The molecule has 3 aromatic carbocycles. The van der Waals surface area contributed by atoms with Crippen LogP contribution in [0.1, 0.15) is 33.7 Å². The van der Waals surface area contributed by atoms with Crippen LogP contribution in [0.5, 0.6) is 11.5 Å². The van der Waals surface area contributed by atoms with Gasteiger partial charge < -0.3 is 10.2 Å². The minimum absolute atomic E-state index is 0.216. The Labute approximate surface area is 140 Å². The number of phenols is 2. The van der Waals surface area contributed by atoms with E-state index in [1.165, 1.54) is 6.07 Å². The van der Waals surface area contributed by atoms with Gasteiger partial charge in [0.2, 0.25) is 0 Å². The average molecular weight is 322 g/mol. The molecule has 0 aliphatic carbocycles. The highest BCUT2D eigenvalue weighted by atomic mass is 19.1. The first kappa shape index (κ1) is 16.1. The van der Waals surface area contributed by atoms with Gasteiger partial charge in [-0.15, -0.1) is 0 Å². The molecule has 0 atom stereocenters. The van der Waals surface area contributed by atoms with Gasteiger partial charge in [-0.25, -0.2) is 4.39 Å². The highest BCUT2D eigenvalue weighted by Crippen LogP contribution is 2.36. The topological polar surface area (TPSA) is 40.5 Å². The Balaban J connectivity index is 2.22. The molecule has 2 nitrogen and oxygen atoms in total. The molecule has 0 aromatic heterocycles. The Morgan fingerprint density at radius 3 is 1.71 bits per heavy atom. The molecule has 2 N–H and O–H groups in total. The quantitative estimate of drug-likeness (QED) is 0.664. The summed E-state index contributed by atoms with van der Waals surface area (Å²) in [6, 6.07) is 17.3. The van der Waals surface area contributed by atoms with Crippen molar-refractivity contribution in [3.05, 3.63) is 94.3 Å². The van der Waals surface area contributed by atoms with E-state index in [4.69, 9.17) is 0 Å². The molecule has 122 valence electrons. The van der Waals surface area contributed by atoms with Crippen LogP contribution >= 0.6 is 0 Å². The van der Waals surface area contributed by atoms with E-state index >= 15 is 0 Å². The average Bonchev–Trinajstić information content (AvgIpc) is 2.56. The Hall–Kier alpha value is -2.81. The normalized spacial score (nSPS) is 11.0. The molecule has 24 heavy (non-hydrogen) atoms. The predicted molar refractivity (Wildman–Crippen MR) is 93.0 cm³/mol. The van der Waals surface area contributed by atoms with Crippen LogP contribution < -0.4 is 0 Å². The third kappa shape index (κ3) is 2.98. The van der Waals surface area contributed by atoms with Crippen molar-refractivity contribution in [2.75, 3.05) is 0 Å². The maximum Gasteiger partial charge on any atom is 0.127 e. The van der Waals surface area contributed by atoms with Crippen LogP contribution in [0.2, 0.25) is 0 Å². The summed E-state index contributed by atoms with van der Waals surface area (Å²) in [5.41, 5.74) is 3.82. The molecule has 0 spiro atoms. The number of hydrogen-bond donors (Lipinski definition) is 2. The molecule has 0 aliphatic heterocycles. The van der Waals surface area contributed by atoms with Gasteiger partial charge in [-0.2, -0.15) is 0 Å². The molecular weight excluding hydrogens is 303 g/mol. The monoisotopic (exact) mass is 322 g/mol. The van der Waals surface area contributed by atoms with E-state index in [1.54, 1.807) is 24.3 Å². The number of halogens is 1. The molecule has 3 rings (SSSR count). The zero-order valence-corrected chi connectivity index (χ0v) is 13.6. The Morgan fingerprint density at radius 1 is 0.750 bits per heavy atom. The summed E-state index contributed by atoms with van der Waals surface area (Å²) in [6.07, 6.45) is 0. The van der Waals surface area contributed by atoms with Crippen molar-refractivity contribution in [2.24, 2.45) is 0 Å². The van der Waals surface area contributed by atoms with Crippen LogP contribution in [0.15, 0.2) is 60.7 Å². The zero-order valence-electron chi connectivity index (χ0n) is 13.6. The standard InChI is InChI=1S/C21H19FO2/c1-13-11-15(7-9-19(13)23)21(17-5-3-4-6-18(17)22)16-8-10-20(24)14(2)12-16/h3-12,21,23-24H,1-2H3. The molecule has 3 heteroatoms. The molecule has 3 aromatic rings. The number of aryl methyl sites for hydroxylation is 2. The lowest BCUT2D eigenvalue weighted by atomic mass is 9.83. The van der Waals surface area contributed by atoms with Crippen molar-refractivity contribution in [1.29, 1.82) is 0 Å². The molecule has 0 heterocycles. The van der Waals surface area contributed by atoms with Gasteiger partial charge in [-0.3, -0.25) is 0 Å². The summed E-state index contributed by atoms with van der Waals surface area (Å²) >= 11 is 0. The summed E-state index contributed by atoms with van der Waals surface area (Å²) in [6.45, 7) is 3.64. The lowest BCUT2D eigenvalue weighted by Crippen LogP contribution is -2.06. The second-order valence-electron chi connectivity index (χ2n) is 6.05. The van der Waals surface area contributed by atoms with E-state index in [-0.39, 0.29) is 23.2 Å². The van der Waals surface area contributed by atoms with Crippen molar-refractivity contribution < 1.29 is 14.6 Å². The molecule has 0 amide bonds. The summed E-state index contributed by atoms with van der Waals surface area (Å²) in [5.74, 6) is -0.162. The largest absolute Gasteiger partial charge is 0.508 e. The van der Waals surface area contributed by atoms with Crippen molar-refractivity contribution in [1.82, 2.24) is 0 Å². The first-order chi connectivity index (χ1) is 11.5. The van der Waals surface area contributed by atoms with Crippen LogP contribution in [0.25, 0.3) is 0 Å². The first-order valence-electron chi connectivity index (χ1n) is 7.81. The minimum atomic E-state index is -0.315. The van der Waals surface area contributed by atoms with Crippen molar-refractivity contribution >= 4 is 0 Å². The van der Waals surface area contributed by atoms with Gasteiger partial charge in [0.25, 0.3) is 0 Å². The van der Waals surface area contributed by atoms with Gasteiger partial charge >= 0.3 is 0 Å². The van der Waals surface area contributed by atoms with E-state index in [0.29, 0.717) is 5.56 Å². The van der Waals surface area contributed by atoms with E-state index in [0.717, 1.165) is 22.3 Å². The Kier molecular flexibility index (Phi) is 4.26. The van der Waals surface area contributed by atoms with E-state index in [9.17, 15) is 14.6 Å². The fourth-order valence-electron chi connectivity index (χ4n) is 2.98. The number of benzene rings is 3. The van der Waals surface area contributed by atoms with Gasteiger partial charge in [0.1, 0.15) is 17.3 Å². The van der Waals surface area contributed by atoms with Gasteiger partial charge in [0, 0.05) is 5.92 Å². The van der Waals surface area contributed by atoms with Crippen LogP contribution in [0, 0.1) is 19.7 Å². The Bertz CT molecular complexity index is 835. The van der Waals surface area contributed by atoms with Crippen LogP contribution in [0.3, 0.4) is 0 Å². The SMILES string of the molecule is Cc1cc(C(c2ccc(O)c(C)c2)c2ccccc2F)ccc1O. The van der Waals surface area contributed by atoms with Gasteiger partial charge in [-0.1, -0.05) is 42.5 Å². The molecule has 0 saturated carbocycles. The highest BCUT2D eigenvalue weighted by molar-refractivity contribution is 5.49. The maximum atomic E-state index is 14.5. The first-order valence-corrected chi connectivity index (χ1v) is 7.81. The minimum Gasteiger partial charge on any atom is -0.508 e. The molecule has 0 aliphatic rings. The molecular formula is C21H19FO2. The fourth-order valence-corrected chi connectivity index (χ4v) is 2.98. The van der Waals surface area contributed by atoms with Gasteiger partial charge in [0.15, 0.2) is 0 Å². The number of hydrogen-bond acceptors (Lipinski definition) is 2. The second-order valence-corrected chi connectivity index (χ2v) is 6.05. The zero-order chi connectivity index (χ0) is 17.3. The smallest absolute Gasteiger partial charge is 0.127 e. The summed E-state index contributed by atoms with van der Waals surface area (Å²) in [5, 5.41) is 19.6. The van der Waals surface area contributed by atoms with E-state index < -0.39 is 0 Å². The highest BCUT2D eigenvalue weighted by Gasteiger charge is 2.21. The molecule has 0 unspecified atom stereocenters. The van der Waals surface area contributed by atoms with Crippen LogP contribution in [0.4, 0.5) is 4.39 Å². The van der Waals surface area contributed by atoms with Crippen molar-refractivity contribution in [3.63, 3.8) is 0 Å². The molecule has 0 bridgehead atoms. The third-order valence-corrected chi connectivity index (χ3v) is 4.32. The van der Waals surface area contributed by atoms with E-state index in [1.807, 2.05) is 44.2 Å². The lowest BCUT2D eigenvalue weighted by Gasteiger charge is -2.21. The lowest BCUT2D eigenvalue weighted by molar-refractivity contribution is 0.470. The van der Waals surface area contributed by atoms with Crippen LogP contribution in [-0.2, 0) is 0 Å². The number of rotatable bonds is 3. The molecule has 0 radical (unpaired) electrons. The Morgan fingerprint density at radius 2 is 1.25 bits per heavy atom. The second kappa shape index (κ2) is 6.36. The van der Waals surface area contributed by atoms with Crippen LogP contribution in [-0.4, -0.2) is 10.2 Å². The third-order valence-electron chi connectivity index (χ3n) is 4.32. The number of phenolic OH excluding ortho intramolecular Hbond substituents is 2. The molecule has 0 saturated heterocycles. The molecule has 0 fully saturated rings. The van der Waals surface area contributed by atoms with Gasteiger partial charge in [0.05, 0.1) is 0 Å². The summed E-state index contributed by atoms with van der Waals surface area (Å²) < 4.78 is 14.5. The fraction of sp³-hybridized carbons (Fsp3) is 0.143. The summed E-state index contributed by atoms with van der Waals surface area (Å²) in [7, 11) is 0. The predicted octanol–water partition coefficient (Wildman–Crippen LogP) is 5.03.